The maximum Gasteiger partial charge on any atom is 0.130 e. The van der Waals surface area contributed by atoms with E-state index < -0.39 is 6.10 Å². The van der Waals surface area contributed by atoms with Crippen molar-refractivity contribution in [1.29, 1.82) is 0 Å². The fourth-order valence-electron chi connectivity index (χ4n) is 1.95. The molecule has 1 unspecified atom stereocenters. The molecule has 1 N–H and O–H groups in total. The van der Waals surface area contributed by atoms with E-state index in [1.165, 1.54) is 0 Å². The van der Waals surface area contributed by atoms with Crippen molar-refractivity contribution in [2.45, 2.75) is 19.4 Å². The summed E-state index contributed by atoms with van der Waals surface area (Å²) < 4.78 is 7.10. The van der Waals surface area contributed by atoms with Crippen molar-refractivity contribution >= 4 is 23.2 Å². The van der Waals surface area contributed by atoms with Crippen LogP contribution < -0.4 is 4.74 Å². The molecule has 1 aromatic heterocycles. The number of aliphatic hydroxyl groups excluding tert-OH is 1. The number of aromatic nitrogens is 2. The van der Waals surface area contributed by atoms with E-state index in [0.717, 1.165) is 11.3 Å². The van der Waals surface area contributed by atoms with Gasteiger partial charge in [-0.3, -0.25) is 4.68 Å². The smallest absolute Gasteiger partial charge is 0.130 e. The Bertz CT molecular complexity index is 599. The van der Waals surface area contributed by atoms with Crippen molar-refractivity contribution in [2.75, 3.05) is 6.61 Å². The monoisotopic (exact) mass is 314 g/mol. The van der Waals surface area contributed by atoms with Gasteiger partial charge in [-0.05, 0) is 25.1 Å². The van der Waals surface area contributed by atoms with Crippen molar-refractivity contribution in [1.82, 2.24) is 9.78 Å². The first-order valence-corrected chi connectivity index (χ1v) is 6.97. The molecule has 2 aromatic rings. The topological polar surface area (TPSA) is 47.3 Å². The van der Waals surface area contributed by atoms with Gasteiger partial charge in [0.05, 0.1) is 11.8 Å². The van der Waals surface area contributed by atoms with Gasteiger partial charge in [0.1, 0.15) is 17.5 Å². The number of ether oxygens (including phenoxy) is 1. The fourth-order valence-corrected chi connectivity index (χ4v) is 2.38. The van der Waals surface area contributed by atoms with Crippen LogP contribution in [-0.4, -0.2) is 27.6 Å². The van der Waals surface area contributed by atoms with E-state index in [1.54, 1.807) is 36.0 Å². The highest BCUT2D eigenvalue weighted by Crippen LogP contribution is 2.21. The number of aliphatic hydroxyl groups is 1. The first kappa shape index (κ1) is 15.2. The van der Waals surface area contributed by atoms with Crippen LogP contribution >= 0.6 is 23.2 Å². The van der Waals surface area contributed by atoms with Gasteiger partial charge in [0.25, 0.3) is 0 Å². The first-order chi connectivity index (χ1) is 9.47. The Kier molecular flexibility index (Phi) is 4.91. The van der Waals surface area contributed by atoms with Gasteiger partial charge in [0.2, 0.25) is 0 Å². The summed E-state index contributed by atoms with van der Waals surface area (Å²) in [6, 6.07) is 7.06. The molecule has 0 saturated heterocycles. The SMILES string of the molecule is Cc1nn(C)c(Cl)c1CC(O)COc1cccc(Cl)c1. The number of halogens is 2. The zero-order valence-corrected chi connectivity index (χ0v) is 12.8. The average molecular weight is 315 g/mol. The first-order valence-electron chi connectivity index (χ1n) is 6.21. The molecule has 0 fully saturated rings. The van der Waals surface area contributed by atoms with Gasteiger partial charge in [-0.2, -0.15) is 5.10 Å². The molecule has 2 rings (SSSR count). The molecular formula is C14H16Cl2N2O2. The lowest BCUT2D eigenvalue weighted by molar-refractivity contribution is 0.107. The van der Waals surface area contributed by atoms with Crippen LogP contribution in [0.15, 0.2) is 24.3 Å². The summed E-state index contributed by atoms with van der Waals surface area (Å²) in [5, 5.41) is 15.4. The molecule has 0 saturated carbocycles. The Balaban J connectivity index is 1.94. The fraction of sp³-hybridized carbons (Fsp3) is 0.357. The quantitative estimate of drug-likeness (QED) is 0.922. The second-order valence-corrected chi connectivity index (χ2v) is 5.40. The van der Waals surface area contributed by atoms with Gasteiger partial charge >= 0.3 is 0 Å². The van der Waals surface area contributed by atoms with Crippen LogP contribution in [-0.2, 0) is 13.5 Å². The molecule has 0 amide bonds. The molecule has 20 heavy (non-hydrogen) atoms. The zero-order chi connectivity index (χ0) is 14.7. The normalized spacial score (nSPS) is 12.4. The van der Waals surface area contributed by atoms with Gasteiger partial charge in [0, 0.05) is 24.1 Å². The highest BCUT2D eigenvalue weighted by atomic mass is 35.5. The molecule has 1 atom stereocenters. The zero-order valence-electron chi connectivity index (χ0n) is 11.3. The maximum atomic E-state index is 10.0. The number of nitrogens with zero attached hydrogens (tertiary/aromatic N) is 2. The Hall–Kier alpha value is -1.23. The van der Waals surface area contributed by atoms with Gasteiger partial charge in [-0.25, -0.2) is 0 Å². The van der Waals surface area contributed by atoms with Crippen molar-refractivity contribution in [3.05, 3.63) is 45.7 Å². The lowest BCUT2D eigenvalue weighted by atomic mass is 10.1. The van der Waals surface area contributed by atoms with Crippen molar-refractivity contribution < 1.29 is 9.84 Å². The van der Waals surface area contributed by atoms with Crippen molar-refractivity contribution in [3.8, 4) is 5.75 Å². The summed E-state index contributed by atoms with van der Waals surface area (Å²) in [4.78, 5) is 0. The highest BCUT2D eigenvalue weighted by molar-refractivity contribution is 6.30. The molecule has 0 radical (unpaired) electrons. The Labute approximate surface area is 127 Å². The molecule has 0 aliphatic carbocycles. The third kappa shape index (κ3) is 3.66. The molecule has 4 nitrogen and oxygen atoms in total. The van der Waals surface area contributed by atoms with Crippen LogP contribution in [0.25, 0.3) is 0 Å². The molecule has 108 valence electrons. The number of aryl methyl sites for hydroxylation is 2. The summed E-state index contributed by atoms with van der Waals surface area (Å²) in [5.41, 5.74) is 1.66. The number of hydrogen-bond acceptors (Lipinski definition) is 3. The number of rotatable bonds is 5. The van der Waals surface area contributed by atoms with Gasteiger partial charge in [0.15, 0.2) is 0 Å². The van der Waals surface area contributed by atoms with Crippen LogP contribution in [0.1, 0.15) is 11.3 Å². The van der Waals surface area contributed by atoms with E-state index in [0.29, 0.717) is 22.3 Å². The van der Waals surface area contributed by atoms with Crippen LogP contribution in [0, 0.1) is 6.92 Å². The lowest BCUT2D eigenvalue weighted by Crippen LogP contribution is -2.20. The second-order valence-electron chi connectivity index (χ2n) is 4.60. The summed E-state index contributed by atoms with van der Waals surface area (Å²) in [5.74, 6) is 0.630. The van der Waals surface area contributed by atoms with E-state index in [9.17, 15) is 5.11 Å². The summed E-state index contributed by atoms with van der Waals surface area (Å²) in [6.45, 7) is 2.04. The maximum absolute atomic E-state index is 10.0. The Morgan fingerprint density at radius 3 is 2.75 bits per heavy atom. The molecule has 0 aliphatic rings. The van der Waals surface area contributed by atoms with E-state index in [1.807, 2.05) is 6.92 Å². The van der Waals surface area contributed by atoms with E-state index in [4.69, 9.17) is 27.9 Å². The van der Waals surface area contributed by atoms with Crippen LogP contribution in [0.5, 0.6) is 5.75 Å². The molecule has 1 aromatic carbocycles. The predicted molar refractivity (Wildman–Crippen MR) is 79.6 cm³/mol. The molecule has 0 aliphatic heterocycles. The lowest BCUT2D eigenvalue weighted by Gasteiger charge is -2.12. The minimum Gasteiger partial charge on any atom is -0.491 e. The second kappa shape index (κ2) is 6.48. The third-order valence-electron chi connectivity index (χ3n) is 2.95. The predicted octanol–water partition coefficient (Wildman–Crippen LogP) is 3.02. The van der Waals surface area contributed by atoms with Crippen LogP contribution in [0.2, 0.25) is 10.2 Å². The molecule has 0 spiro atoms. The van der Waals surface area contributed by atoms with Crippen LogP contribution in [0.3, 0.4) is 0 Å². The largest absolute Gasteiger partial charge is 0.491 e. The number of benzene rings is 1. The van der Waals surface area contributed by atoms with E-state index >= 15 is 0 Å². The summed E-state index contributed by atoms with van der Waals surface area (Å²) in [7, 11) is 1.77. The third-order valence-corrected chi connectivity index (χ3v) is 3.66. The van der Waals surface area contributed by atoms with E-state index in [2.05, 4.69) is 5.10 Å². The van der Waals surface area contributed by atoms with Gasteiger partial charge in [-0.1, -0.05) is 29.3 Å². The molecule has 0 bridgehead atoms. The Morgan fingerprint density at radius 1 is 1.40 bits per heavy atom. The van der Waals surface area contributed by atoms with Crippen molar-refractivity contribution in [3.63, 3.8) is 0 Å². The number of hydrogen-bond donors (Lipinski definition) is 1. The van der Waals surface area contributed by atoms with Gasteiger partial charge in [-0.15, -0.1) is 0 Å². The molecule has 6 heteroatoms. The molecular weight excluding hydrogens is 299 g/mol. The Morgan fingerprint density at radius 2 is 2.15 bits per heavy atom. The summed E-state index contributed by atoms with van der Waals surface area (Å²) in [6.07, 6.45) is -0.256. The molecule has 1 heterocycles. The standard InChI is InChI=1S/C14H16Cl2N2O2/c1-9-13(14(16)18(2)17-9)7-11(19)8-20-12-5-3-4-10(15)6-12/h3-6,11,19H,7-8H2,1-2H3. The average Bonchev–Trinajstić information content (AvgIpc) is 2.63. The van der Waals surface area contributed by atoms with Gasteiger partial charge < -0.3 is 9.84 Å². The minimum absolute atomic E-state index is 0.172. The highest BCUT2D eigenvalue weighted by Gasteiger charge is 2.16. The van der Waals surface area contributed by atoms with Crippen molar-refractivity contribution in [2.24, 2.45) is 7.05 Å². The van der Waals surface area contributed by atoms with E-state index in [-0.39, 0.29) is 6.61 Å². The van der Waals surface area contributed by atoms with Crippen LogP contribution in [0.4, 0.5) is 0 Å². The minimum atomic E-state index is -0.658. The summed E-state index contributed by atoms with van der Waals surface area (Å²) >= 11 is 12.0.